The number of anilines is 2. The minimum absolute atomic E-state index is 0.0728. The molecule has 0 aliphatic heterocycles. The van der Waals surface area contributed by atoms with Gasteiger partial charge in [0.15, 0.2) is 0 Å². The van der Waals surface area contributed by atoms with Crippen molar-refractivity contribution in [1.82, 2.24) is 0 Å². The number of benzene rings is 2. The fraction of sp³-hybridized carbons (Fsp3) is 0.118. The molecule has 3 amide bonds. The second kappa shape index (κ2) is 6.74. The molecule has 0 saturated heterocycles. The fourth-order valence-corrected chi connectivity index (χ4v) is 1.94. The lowest BCUT2D eigenvalue weighted by molar-refractivity contribution is -0.116. The molecule has 0 fully saturated rings. The largest absolute Gasteiger partial charge is 0.366 e. The summed E-state index contributed by atoms with van der Waals surface area (Å²) in [7, 11) is 1.68. The van der Waals surface area contributed by atoms with Gasteiger partial charge >= 0.3 is 0 Å². The highest BCUT2D eigenvalue weighted by molar-refractivity contribution is 6.05. The van der Waals surface area contributed by atoms with E-state index >= 15 is 0 Å². The van der Waals surface area contributed by atoms with Crippen LogP contribution in [0, 0.1) is 0 Å². The highest BCUT2D eigenvalue weighted by Gasteiger charge is 2.09. The van der Waals surface area contributed by atoms with Crippen molar-refractivity contribution in [2.24, 2.45) is 5.73 Å². The summed E-state index contributed by atoms with van der Waals surface area (Å²) in [5.74, 6) is -0.910. The van der Waals surface area contributed by atoms with Crippen LogP contribution in [0.1, 0.15) is 27.6 Å². The third kappa shape index (κ3) is 3.94. The summed E-state index contributed by atoms with van der Waals surface area (Å²) in [6.07, 6.45) is 0. The Morgan fingerprint density at radius 1 is 0.913 bits per heavy atom. The SMILES string of the molecule is CC(=O)N(C)c1ccc(NC(=O)c2ccc(C(N)=O)cc2)cc1. The molecule has 0 unspecified atom stereocenters. The monoisotopic (exact) mass is 311 g/mol. The van der Waals surface area contributed by atoms with E-state index in [9.17, 15) is 14.4 Å². The zero-order valence-electron chi connectivity index (χ0n) is 12.9. The molecule has 0 heterocycles. The Labute approximate surface area is 133 Å². The van der Waals surface area contributed by atoms with Crippen LogP contribution in [0.15, 0.2) is 48.5 Å². The van der Waals surface area contributed by atoms with E-state index in [2.05, 4.69) is 5.32 Å². The molecule has 23 heavy (non-hydrogen) atoms. The van der Waals surface area contributed by atoms with Gasteiger partial charge in [-0.05, 0) is 48.5 Å². The standard InChI is InChI=1S/C17H17N3O3/c1-11(21)20(2)15-9-7-14(8-10-15)19-17(23)13-5-3-12(4-6-13)16(18)22/h3-10H,1-2H3,(H2,18,22)(H,19,23). The van der Waals surface area contributed by atoms with Gasteiger partial charge in [0.2, 0.25) is 11.8 Å². The molecule has 2 rings (SSSR count). The van der Waals surface area contributed by atoms with Crippen LogP contribution >= 0.6 is 0 Å². The molecule has 2 aromatic carbocycles. The third-order valence-corrected chi connectivity index (χ3v) is 3.42. The first-order valence-electron chi connectivity index (χ1n) is 6.94. The lowest BCUT2D eigenvalue weighted by Gasteiger charge is -2.15. The Hall–Kier alpha value is -3.15. The van der Waals surface area contributed by atoms with Crippen LogP contribution in [0.4, 0.5) is 11.4 Å². The minimum atomic E-state index is -0.540. The molecule has 2 aromatic rings. The third-order valence-electron chi connectivity index (χ3n) is 3.42. The number of hydrogen-bond acceptors (Lipinski definition) is 3. The molecular weight excluding hydrogens is 294 g/mol. The van der Waals surface area contributed by atoms with Crippen molar-refractivity contribution in [3.05, 3.63) is 59.7 Å². The first kappa shape index (κ1) is 16.2. The van der Waals surface area contributed by atoms with Crippen molar-refractivity contribution >= 4 is 29.1 Å². The van der Waals surface area contributed by atoms with Crippen LogP contribution in [0.2, 0.25) is 0 Å². The van der Waals surface area contributed by atoms with E-state index in [1.54, 1.807) is 31.3 Å². The molecule has 0 spiro atoms. The minimum Gasteiger partial charge on any atom is -0.366 e. The normalized spacial score (nSPS) is 10.0. The summed E-state index contributed by atoms with van der Waals surface area (Å²) in [5, 5.41) is 2.74. The van der Waals surface area contributed by atoms with Crippen LogP contribution in [0.25, 0.3) is 0 Å². The van der Waals surface area contributed by atoms with Gasteiger partial charge in [0.05, 0.1) is 0 Å². The molecule has 6 nitrogen and oxygen atoms in total. The van der Waals surface area contributed by atoms with Crippen molar-refractivity contribution in [3.8, 4) is 0 Å². The molecule has 3 N–H and O–H groups in total. The quantitative estimate of drug-likeness (QED) is 0.904. The van der Waals surface area contributed by atoms with Gasteiger partial charge in [0, 0.05) is 36.5 Å². The molecule has 118 valence electrons. The van der Waals surface area contributed by atoms with Gasteiger partial charge in [0.25, 0.3) is 5.91 Å². The lowest BCUT2D eigenvalue weighted by Crippen LogP contribution is -2.22. The number of nitrogens with one attached hydrogen (secondary N) is 1. The number of hydrogen-bond donors (Lipinski definition) is 2. The topological polar surface area (TPSA) is 92.5 Å². The maximum atomic E-state index is 12.1. The number of nitrogens with two attached hydrogens (primary N) is 1. The number of nitrogens with zero attached hydrogens (tertiary/aromatic N) is 1. The van der Waals surface area contributed by atoms with Gasteiger partial charge in [0.1, 0.15) is 0 Å². The second-order valence-electron chi connectivity index (χ2n) is 5.02. The van der Waals surface area contributed by atoms with Gasteiger partial charge in [-0.25, -0.2) is 0 Å². The Kier molecular flexibility index (Phi) is 4.75. The molecule has 6 heteroatoms. The van der Waals surface area contributed by atoms with Gasteiger partial charge in [-0.2, -0.15) is 0 Å². The fourth-order valence-electron chi connectivity index (χ4n) is 1.94. The van der Waals surface area contributed by atoms with Crippen molar-refractivity contribution in [2.75, 3.05) is 17.3 Å². The highest BCUT2D eigenvalue weighted by atomic mass is 16.2. The van der Waals surface area contributed by atoms with Crippen LogP contribution in [0.5, 0.6) is 0 Å². The summed E-state index contributed by atoms with van der Waals surface area (Å²) >= 11 is 0. The first-order chi connectivity index (χ1) is 10.9. The van der Waals surface area contributed by atoms with E-state index in [-0.39, 0.29) is 11.8 Å². The zero-order chi connectivity index (χ0) is 17.0. The Bertz CT molecular complexity index is 737. The number of amides is 3. The van der Waals surface area contributed by atoms with Gasteiger partial charge in [-0.1, -0.05) is 0 Å². The van der Waals surface area contributed by atoms with Crippen LogP contribution in [-0.2, 0) is 4.79 Å². The summed E-state index contributed by atoms with van der Waals surface area (Å²) in [6, 6.07) is 13.0. The van der Waals surface area contributed by atoms with E-state index in [1.807, 2.05) is 0 Å². The van der Waals surface area contributed by atoms with E-state index in [1.165, 1.54) is 36.1 Å². The van der Waals surface area contributed by atoms with E-state index in [0.717, 1.165) is 5.69 Å². The summed E-state index contributed by atoms with van der Waals surface area (Å²) in [5.41, 5.74) is 7.26. The maximum absolute atomic E-state index is 12.1. The van der Waals surface area contributed by atoms with E-state index in [4.69, 9.17) is 5.73 Å². The van der Waals surface area contributed by atoms with Crippen molar-refractivity contribution < 1.29 is 14.4 Å². The van der Waals surface area contributed by atoms with Crippen LogP contribution in [0.3, 0.4) is 0 Å². The predicted molar refractivity (Wildman–Crippen MR) is 88.4 cm³/mol. The molecule has 0 radical (unpaired) electrons. The van der Waals surface area contributed by atoms with Crippen molar-refractivity contribution in [2.45, 2.75) is 6.92 Å². The van der Waals surface area contributed by atoms with Crippen molar-refractivity contribution in [1.29, 1.82) is 0 Å². The van der Waals surface area contributed by atoms with Gasteiger partial charge < -0.3 is 16.0 Å². The van der Waals surface area contributed by atoms with Gasteiger partial charge in [-0.15, -0.1) is 0 Å². The summed E-state index contributed by atoms with van der Waals surface area (Å²) < 4.78 is 0. The first-order valence-corrected chi connectivity index (χ1v) is 6.94. The summed E-state index contributed by atoms with van der Waals surface area (Å²) in [6.45, 7) is 1.48. The predicted octanol–water partition coefficient (Wildman–Crippen LogP) is 2.02. The number of primary amides is 1. The average Bonchev–Trinajstić information content (AvgIpc) is 2.54. The summed E-state index contributed by atoms with van der Waals surface area (Å²) in [4.78, 5) is 35.9. The second-order valence-corrected chi connectivity index (χ2v) is 5.02. The van der Waals surface area contributed by atoms with Crippen LogP contribution < -0.4 is 16.0 Å². The molecule has 0 aromatic heterocycles. The molecule has 0 bridgehead atoms. The molecule has 0 aliphatic rings. The van der Waals surface area contributed by atoms with Crippen LogP contribution in [-0.4, -0.2) is 24.8 Å². The van der Waals surface area contributed by atoms with Crippen molar-refractivity contribution in [3.63, 3.8) is 0 Å². The Balaban J connectivity index is 2.08. The highest BCUT2D eigenvalue weighted by Crippen LogP contribution is 2.17. The van der Waals surface area contributed by atoms with Gasteiger partial charge in [-0.3, -0.25) is 14.4 Å². The molecule has 0 atom stereocenters. The van der Waals surface area contributed by atoms with E-state index in [0.29, 0.717) is 16.8 Å². The lowest BCUT2D eigenvalue weighted by atomic mass is 10.1. The smallest absolute Gasteiger partial charge is 0.255 e. The van der Waals surface area contributed by atoms with E-state index < -0.39 is 5.91 Å². The number of rotatable bonds is 4. The number of carbonyl (C=O) groups excluding carboxylic acids is 3. The zero-order valence-corrected chi connectivity index (χ0v) is 12.9. The molecular formula is C17H17N3O3. The molecule has 0 aliphatic carbocycles. The maximum Gasteiger partial charge on any atom is 0.255 e. The molecule has 0 saturated carbocycles. The number of carbonyl (C=O) groups is 3. The average molecular weight is 311 g/mol. The Morgan fingerprint density at radius 2 is 1.43 bits per heavy atom. The Morgan fingerprint density at radius 3 is 1.91 bits per heavy atom.